The Hall–Kier alpha value is -1.06. The normalized spacial score (nSPS) is 12.8. The van der Waals surface area contributed by atoms with Crippen LogP contribution >= 0.6 is 0 Å². The highest BCUT2D eigenvalue weighted by molar-refractivity contribution is 5.49. The largest absolute Gasteiger partial charge is 0.494 e. The Kier molecular flexibility index (Phi) is 5.83. The van der Waals surface area contributed by atoms with E-state index in [2.05, 4.69) is 33.8 Å². The van der Waals surface area contributed by atoms with Crippen LogP contribution in [0.4, 0.5) is 0 Å². The molecule has 3 heteroatoms. The first-order chi connectivity index (χ1) is 8.97. The minimum absolute atomic E-state index is 0.328. The lowest BCUT2D eigenvalue weighted by Gasteiger charge is -2.26. The molecule has 0 amide bonds. The first-order valence-electron chi connectivity index (χ1n) is 7.11. The zero-order valence-electron chi connectivity index (χ0n) is 12.9. The number of benzene rings is 1. The van der Waals surface area contributed by atoms with E-state index in [-0.39, 0.29) is 0 Å². The van der Waals surface area contributed by atoms with Crippen molar-refractivity contribution in [3.05, 3.63) is 28.3 Å². The maximum atomic E-state index is 5.83. The molecular formula is C16H28N2O. The van der Waals surface area contributed by atoms with Crippen LogP contribution in [0.15, 0.2) is 6.07 Å². The van der Waals surface area contributed by atoms with Crippen LogP contribution in [-0.2, 0) is 0 Å². The topological polar surface area (TPSA) is 61.3 Å². The maximum absolute atomic E-state index is 5.83. The standard InChI is InChI=1S/C16H28N2O/c1-6-19-15-7-10(2)16(12(4)11(15)3)13(5)14(8-17)9-18/h7,13-14H,6,8-9,17-18H2,1-5H3. The van der Waals surface area contributed by atoms with Gasteiger partial charge in [0, 0.05) is 0 Å². The molecule has 108 valence electrons. The molecule has 0 aromatic heterocycles. The second-order valence-electron chi connectivity index (χ2n) is 5.31. The van der Waals surface area contributed by atoms with Crippen LogP contribution < -0.4 is 16.2 Å². The van der Waals surface area contributed by atoms with Gasteiger partial charge in [-0.2, -0.15) is 0 Å². The molecule has 1 atom stereocenters. The summed E-state index contributed by atoms with van der Waals surface area (Å²) in [6.07, 6.45) is 0. The predicted molar refractivity (Wildman–Crippen MR) is 81.8 cm³/mol. The highest BCUT2D eigenvalue weighted by atomic mass is 16.5. The average molecular weight is 264 g/mol. The van der Waals surface area contributed by atoms with Gasteiger partial charge in [-0.05, 0) is 80.9 Å². The minimum atomic E-state index is 0.328. The van der Waals surface area contributed by atoms with Gasteiger partial charge in [0.1, 0.15) is 5.75 Å². The van der Waals surface area contributed by atoms with Gasteiger partial charge in [0.15, 0.2) is 0 Å². The van der Waals surface area contributed by atoms with Crippen molar-refractivity contribution in [1.82, 2.24) is 0 Å². The second kappa shape index (κ2) is 6.92. The van der Waals surface area contributed by atoms with Gasteiger partial charge in [-0.3, -0.25) is 0 Å². The number of hydrogen-bond acceptors (Lipinski definition) is 3. The van der Waals surface area contributed by atoms with E-state index >= 15 is 0 Å². The summed E-state index contributed by atoms with van der Waals surface area (Å²) in [7, 11) is 0. The van der Waals surface area contributed by atoms with Crippen molar-refractivity contribution in [3.8, 4) is 5.75 Å². The Morgan fingerprint density at radius 1 is 1.11 bits per heavy atom. The van der Waals surface area contributed by atoms with Gasteiger partial charge in [0.2, 0.25) is 0 Å². The molecule has 1 rings (SSSR count). The van der Waals surface area contributed by atoms with Gasteiger partial charge in [0.05, 0.1) is 6.61 Å². The molecule has 0 bridgehead atoms. The molecule has 0 saturated carbocycles. The molecule has 19 heavy (non-hydrogen) atoms. The van der Waals surface area contributed by atoms with E-state index in [1.54, 1.807) is 0 Å². The second-order valence-corrected chi connectivity index (χ2v) is 5.31. The van der Waals surface area contributed by atoms with Crippen molar-refractivity contribution in [2.75, 3.05) is 19.7 Å². The lowest BCUT2D eigenvalue weighted by molar-refractivity contribution is 0.337. The van der Waals surface area contributed by atoms with Gasteiger partial charge >= 0.3 is 0 Å². The van der Waals surface area contributed by atoms with Gasteiger partial charge in [-0.1, -0.05) is 6.92 Å². The first kappa shape index (κ1) is 16.0. The van der Waals surface area contributed by atoms with Crippen LogP contribution in [0, 0.1) is 26.7 Å². The van der Waals surface area contributed by atoms with Crippen molar-refractivity contribution in [2.45, 2.75) is 40.5 Å². The van der Waals surface area contributed by atoms with E-state index in [0.29, 0.717) is 31.5 Å². The molecule has 0 heterocycles. The van der Waals surface area contributed by atoms with Gasteiger partial charge in [0.25, 0.3) is 0 Å². The third-order valence-corrected chi connectivity index (χ3v) is 4.18. The summed E-state index contributed by atoms with van der Waals surface area (Å²) >= 11 is 0. The number of aryl methyl sites for hydroxylation is 1. The van der Waals surface area contributed by atoms with Crippen molar-refractivity contribution < 1.29 is 4.74 Å². The highest BCUT2D eigenvalue weighted by Crippen LogP contribution is 2.35. The minimum Gasteiger partial charge on any atom is -0.494 e. The molecule has 1 unspecified atom stereocenters. The predicted octanol–water partition coefficient (Wildman–Crippen LogP) is 2.65. The smallest absolute Gasteiger partial charge is 0.122 e. The summed E-state index contributed by atoms with van der Waals surface area (Å²) in [5.41, 5.74) is 16.8. The fraction of sp³-hybridized carbons (Fsp3) is 0.625. The van der Waals surface area contributed by atoms with Crippen LogP contribution in [0.1, 0.15) is 42.0 Å². The summed E-state index contributed by atoms with van der Waals surface area (Å²) in [6.45, 7) is 12.6. The quantitative estimate of drug-likeness (QED) is 0.830. The summed E-state index contributed by atoms with van der Waals surface area (Å²) in [4.78, 5) is 0. The number of rotatable bonds is 6. The Balaban J connectivity index is 3.25. The molecule has 1 aromatic rings. The molecule has 0 radical (unpaired) electrons. The van der Waals surface area contributed by atoms with Crippen LogP contribution in [0.3, 0.4) is 0 Å². The summed E-state index contributed by atoms with van der Waals surface area (Å²) in [6, 6.07) is 2.14. The monoisotopic (exact) mass is 264 g/mol. The Bertz CT molecular complexity index is 425. The highest BCUT2D eigenvalue weighted by Gasteiger charge is 2.22. The number of hydrogen-bond donors (Lipinski definition) is 2. The average Bonchev–Trinajstić information content (AvgIpc) is 2.37. The van der Waals surface area contributed by atoms with Crippen LogP contribution in [0.25, 0.3) is 0 Å². The van der Waals surface area contributed by atoms with E-state index < -0.39 is 0 Å². The molecule has 1 aromatic carbocycles. The van der Waals surface area contributed by atoms with Crippen molar-refractivity contribution in [2.24, 2.45) is 17.4 Å². The summed E-state index contributed by atoms with van der Waals surface area (Å²) in [5, 5.41) is 0. The number of ether oxygens (including phenoxy) is 1. The SMILES string of the molecule is CCOc1cc(C)c(C(C)C(CN)CN)c(C)c1C. The molecule has 3 nitrogen and oxygen atoms in total. The molecule has 0 aliphatic rings. The Labute approximate surface area is 117 Å². The summed E-state index contributed by atoms with van der Waals surface area (Å²) < 4.78 is 5.70. The van der Waals surface area contributed by atoms with Crippen molar-refractivity contribution >= 4 is 0 Å². The van der Waals surface area contributed by atoms with E-state index in [4.69, 9.17) is 16.2 Å². The molecular weight excluding hydrogens is 236 g/mol. The van der Waals surface area contributed by atoms with E-state index in [1.807, 2.05) is 6.92 Å². The van der Waals surface area contributed by atoms with E-state index in [9.17, 15) is 0 Å². The maximum Gasteiger partial charge on any atom is 0.122 e. The third kappa shape index (κ3) is 3.28. The fourth-order valence-corrected chi connectivity index (χ4v) is 2.81. The van der Waals surface area contributed by atoms with Crippen molar-refractivity contribution in [3.63, 3.8) is 0 Å². The Morgan fingerprint density at radius 3 is 2.16 bits per heavy atom. The number of nitrogens with two attached hydrogens (primary N) is 2. The van der Waals surface area contributed by atoms with E-state index in [1.165, 1.54) is 22.3 Å². The van der Waals surface area contributed by atoms with Crippen LogP contribution in [0.5, 0.6) is 5.75 Å². The Morgan fingerprint density at radius 2 is 1.68 bits per heavy atom. The molecule has 0 aliphatic carbocycles. The molecule has 0 saturated heterocycles. The molecule has 4 N–H and O–H groups in total. The first-order valence-corrected chi connectivity index (χ1v) is 7.11. The lowest BCUT2D eigenvalue weighted by atomic mass is 9.81. The fourth-order valence-electron chi connectivity index (χ4n) is 2.81. The molecule has 0 aliphatic heterocycles. The van der Waals surface area contributed by atoms with Gasteiger partial charge in [-0.15, -0.1) is 0 Å². The zero-order chi connectivity index (χ0) is 14.6. The van der Waals surface area contributed by atoms with E-state index in [0.717, 1.165) is 5.75 Å². The lowest BCUT2D eigenvalue weighted by Crippen LogP contribution is -2.28. The summed E-state index contributed by atoms with van der Waals surface area (Å²) in [5.74, 6) is 1.70. The zero-order valence-corrected chi connectivity index (χ0v) is 12.9. The van der Waals surface area contributed by atoms with Gasteiger partial charge in [-0.25, -0.2) is 0 Å². The molecule has 0 fully saturated rings. The van der Waals surface area contributed by atoms with Crippen LogP contribution in [-0.4, -0.2) is 19.7 Å². The van der Waals surface area contributed by atoms with Gasteiger partial charge < -0.3 is 16.2 Å². The third-order valence-electron chi connectivity index (χ3n) is 4.18. The van der Waals surface area contributed by atoms with Crippen molar-refractivity contribution in [1.29, 1.82) is 0 Å². The molecule has 0 spiro atoms. The van der Waals surface area contributed by atoms with Crippen LogP contribution in [0.2, 0.25) is 0 Å².